The van der Waals surface area contributed by atoms with E-state index >= 15 is 0 Å². The zero-order valence-electron chi connectivity index (χ0n) is 10.8. The van der Waals surface area contributed by atoms with Crippen LogP contribution in [0.2, 0.25) is 0 Å². The number of nitrogens with one attached hydrogen (secondary N) is 2. The first kappa shape index (κ1) is 15.1. The van der Waals surface area contributed by atoms with E-state index in [2.05, 4.69) is 42.5 Å². The molecule has 0 saturated carbocycles. The van der Waals surface area contributed by atoms with Crippen molar-refractivity contribution in [3.05, 3.63) is 32.2 Å². The summed E-state index contributed by atoms with van der Waals surface area (Å²) >= 11 is 6.53. The van der Waals surface area contributed by atoms with Crippen molar-refractivity contribution in [3.63, 3.8) is 0 Å². The molecule has 108 valence electrons. The second kappa shape index (κ2) is 6.01. The van der Waals surface area contributed by atoms with Crippen LogP contribution in [0.5, 0.6) is 0 Å². The highest BCUT2D eigenvalue weighted by atomic mass is 79.9. The summed E-state index contributed by atoms with van der Waals surface area (Å²) in [5, 5.41) is 5.20. The predicted octanol–water partition coefficient (Wildman–Crippen LogP) is 3.00. The highest BCUT2D eigenvalue weighted by Crippen LogP contribution is 2.34. The number of hydrogen-bond acceptors (Lipinski definition) is 4. The van der Waals surface area contributed by atoms with Gasteiger partial charge in [0.25, 0.3) is 0 Å². The summed E-state index contributed by atoms with van der Waals surface area (Å²) in [6.45, 7) is 3.62. The Bertz CT molecular complexity index is 575. The van der Waals surface area contributed by atoms with Gasteiger partial charge in [-0.25, -0.2) is 9.59 Å². The lowest BCUT2D eigenvalue weighted by atomic mass is 10.0. The minimum absolute atomic E-state index is 0.252. The fourth-order valence-electron chi connectivity index (χ4n) is 1.89. The van der Waals surface area contributed by atoms with Gasteiger partial charge in [0.2, 0.25) is 0 Å². The van der Waals surface area contributed by atoms with Crippen molar-refractivity contribution >= 4 is 43.9 Å². The van der Waals surface area contributed by atoms with Gasteiger partial charge in [0.15, 0.2) is 4.67 Å². The van der Waals surface area contributed by atoms with E-state index < -0.39 is 18.0 Å². The number of carbonyl (C=O) groups is 2. The minimum Gasteiger partial charge on any atom is -0.463 e. The molecule has 0 aromatic carbocycles. The molecule has 1 atom stereocenters. The maximum absolute atomic E-state index is 12.1. The van der Waals surface area contributed by atoms with E-state index in [1.54, 1.807) is 19.9 Å². The predicted molar refractivity (Wildman–Crippen MR) is 77.8 cm³/mol. The zero-order chi connectivity index (χ0) is 14.9. The van der Waals surface area contributed by atoms with E-state index in [0.717, 1.165) is 0 Å². The Kier molecular flexibility index (Phi) is 4.54. The van der Waals surface area contributed by atoms with Crippen LogP contribution in [0, 0.1) is 0 Å². The van der Waals surface area contributed by atoms with E-state index in [-0.39, 0.29) is 6.61 Å². The van der Waals surface area contributed by atoms with E-state index in [0.29, 0.717) is 26.2 Å². The Morgan fingerprint density at radius 2 is 2.20 bits per heavy atom. The third kappa shape index (κ3) is 2.90. The number of halogens is 2. The summed E-state index contributed by atoms with van der Waals surface area (Å²) in [4.78, 5) is 23.7. The summed E-state index contributed by atoms with van der Waals surface area (Å²) in [5.74, 6) is -0.0628. The minimum atomic E-state index is -0.689. The summed E-state index contributed by atoms with van der Waals surface area (Å²) in [6.07, 6.45) is 0. The first-order valence-electron chi connectivity index (χ1n) is 5.84. The van der Waals surface area contributed by atoms with Crippen LogP contribution in [0.3, 0.4) is 0 Å². The number of rotatable bonds is 3. The number of urea groups is 1. The molecule has 2 rings (SSSR count). The van der Waals surface area contributed by atoms with Gasteiger partial charge in [-0.05, 0) is 51.8 Å². The Morgan fingerprint density at radius 1 is 1.50 bits per heavy atom. The van der Waals surface area contributed by atoms with Gasteiger partial charge in [-0.2, -0.15) is 0 Å². The van der Waals surface area contributed by atoms with E-state index in [9.17, 15) is 9.59 Å². The lowest BCUT2D eigenvalue weighted by molar-refractivity contribution is -0.139. The van der Waals surface area contributed by atoms with Gasteiger partial charge in [0.1, 0.15) is 11.8 Å². The van der Waals surface area contributed by atoms with E-state index in [4.69, 9.17) is 9.15 Å². The molecule has 2 amide bonds. The lowest BCUT2D eigenvalue weighted by Crippen LogP contribution is -2.45. The molecule has 20 heavy (non-hydrogen) atoms. The van der Waals surface area contributed by atoms with Crippen molar-refractivity contribution in [1.82, 2.24) is 10.6 Å². The quantitative estimate of drug-likeness (QED) is 0.754. The fraction of sp³-hybridized carbons (Fsp3) is 0.333. The van der Waals surface area contributed by atoms with Crippen LogP contribution < -0.4 is 10.6 Å². The lowest BCUT2D eigenvalue weighted by Gasteiger charge is -2.26. The van der Waals surface area contributed by atoms with Crippen molar-refractivity contribution < 1.29 is 18.7 Å². The van der Waals surface area contributed by atoms with Crippen LogP contribution in [0.25, 0.3) is 0 Å². The topological polar surface area (TPSA) is 80.6 Å². The molecule has 0 saturated heterocycles. The van der Waals surface area contributed by atoms with Crippen molar-refractivity contribution in [1.29, 1.82) is 0 Å². The largest absolute Gasteiger partial charge is 0.463 e. The highest BCUT2D eigenvalue weighted by molar-refractivity contribution is 9.13. The summed E-state index contributed by atoms with van der Waals surface area (Å²) in [5.41, 5.74) is 0.765. The molecular weight excluding hydrogens is 396 g/mol. The van der Waals surface area contributed by atoms with Gasteiger partial charge in [-0.3, -0.25) is 0 Å². The number of ether oxygens (including phenoxy) is 1. The van der Waals surface area contributed by atoms with Crippen molar-refractivity contribution in [2.45, 2.75) is 19.9 Å². The average molecular weight is 408 g/mol. The monoisotopic (exact) mass is 406 g/mol. The maximum Gasteiger partial charge on any atom is 0.338 e. The SMILES string of the molecule is CCOC(=O)C1=C(C)NC(=O)N[C@H]1c1cc(Br)c(Br)o1. The van der Waals surface area contributed by atoms with Gasteiger partial charge < -0.3 is 19.8 Å². The molecule has 1 aliphatic heterocycles. The Hall–Kier alpha value is -1.28. The van der Waals surface area contributed by atoms with Crippen LogP contribution in [-0.4, -0.2) is 18.6 Å². The molecule has 0 fully saturated rings. The van der Waals surface area contributed by atoms with Crippen LogP contribution in [0.1, 0.15) is 25.6 Å². The van der Waals surface area contributed by atoms with Gasteiger partial charge in [-0.1, -0.05) is 0 Å². The van der Waals surface area contributed by atoms with Crippen molar-refractivity contribution in [2.24, 2.45) is 0 Å². The zero-order valence-corrected chi connectivity index (χ0v) is 13.9. The van der Waals surface area contributed by atoms with Crippen molar-refractivity contribution in [3.8, 4) is 0 Å². The molecule has 1 aliphatic rings. The average Bonchev–Trinajstić information content (AvgIpc) is 2.68. The molecule has 1 aromatic heterocycles. The molecule has 2 heterocycles. The highest BCUT2D eigenvalue weighted by Gasteiger charge is 2.34. The fourth-order valence-corrected chi connectivity index (χ4v) is 2.50. The molecule has 0 unspecified atom stereocenters. The summed E-state index contributed by atoms with van der Waals surface area (Å²) < 4.78 is 11.7. The number of amides is 2. The van der Waals surface area contributed by atoms with Crippen molar-refractivity contribution in [2.75, 3.05) is 6.61 Å². The van der Waals surface area contributed by atoms with Gasteiger partial charge >= 0.3 is 12.0 Å². The van der Waals surface area contributed by atoms with E-state index in [1.807, 2.05) is 0 Å². The Labute approximate surface area is 132 Å². The Balaban J connectivity index is 2.44. The smallest absolute Gasteiger partial charge is 0.338 e. The second-order valence-corrected chi connectivity index (χ2v) is 5.64. The first-order valence-corrected chi connectivity index (χ1v) is 7.42. The number of esters is 1. The molecule has 0 radical (unpaired) electrons. The maximum atomic E-state index is 12.1. The number of hydrogen-bond donors (Lipinski definition) is 2. The number of furan rings is 1. The normalized spacial score (nSPS) is 18.6. The molecule has 2 N–H and O–H groups in total. The molecule has 0 spiro atoms. The third-order valence-electron chi connectivity index (χ3n) is 2.71. The first-order chi connectivity index (χ1) is 9.43. The standard InChI is InChI=1S/C12H12Br2N2O4/c1-3-19-11(17)8-5(2)15-12(18)16-9(8)7-4-6(13)10(14)20-7/h4,9H,3H2,1-2H3,(H2,15,16,18)/t9-/m0/s1. The summed E-state index contributed by atoms with van der Waals surface area (Å²) in [6, 6.07) is 0.599. The van der Waals surface area contributed by atoms with E-state index in [1.165, 1.54) is 0 Å². The van der Waals surface area contributed by atoms with Crippen LogP contribution >= 0.6 is 31.9 Å². The molecule has 6 nitrogen and oxygen atoms in total. The molecule has 0 bridgehead atoms. The van der Waals surface area contributed by atoms with Crippen LogP contribution in [0.4, 0.5) is 4.79 Å². The third-order valence-corrected chi connectivity index (χ3v) is 4.42. The molecule has 0 aliphatic carbocycles. The molecule has 8 heteroatoms. The number of carbonyl (C=O) groups excluding carboxylic acids is 2. The van der Waals surface area contributed by atoms with Gasteiger partial charge in [0, 0.05) is 5.70 Å². The van der Waals surface area contributed by atoms with Crippen LogP contribution in [0.15, 0.2) is 30.9 Å². The molecular formula is C12H12Br2N2O4. The second-order valence-electron chi connectivity index (χ2n) is 4.06. The van der Waals surface area contributed by atoms with Gasteiger partial charge in [0.05, 0.1) is 16.7 Å². The van der Waals surface area contributed by atoms with Gasteiger partial charge in [-0.15, -0.1) is 0 Å². The van der Waals surface area contributed by atoms with Crippen LogP contribution in [-0.2, 0) is 9.53 Å². The number of allylic oxidation sites excluding steroid dienone is 1. The Morgan fingerprint density at radius 3 is 2.75 bits per heavy atom. The summed E-state index contributed by atoms with van der Waals surface area (Å²) in [7, 11) is 0. The molecule has 1 aromatic rings.